The van der Waals surface area contributed by atoms with Gasteiger partial charge in [0.25, 0.3) is 0 Å². The molecule has 56 heavy (non-hydrogen) atoms. The lowest BCUT2D eigenvalue weighted by molar-refractivity contribution is -0.326. The molecule has 22 atom stereocenters. The SMILES string of the molecule is C[C@@H]([C@H]1[C@@H](O)C[C@@]2(C)[C@@H]3CC[C@H]4C(C)(C)[C@@H](O[C@H]5O[C@H](CO)[C@@H](O)[C@H](O)[C@H]5O)CC[C@@]45C[C@@]35CC[C@]12C)[C@H]1C[C@H](O[C@@H]2O[C@H](CO)[C@@H](O)[C@H](O)[C@H]2O)C(C)(C)O1. The number of ether oxygens (including phenoxy) is 5. The van der Waals surface area contributed by atoms with Crippen LogP contribution >= 0.6 is 0 Å². The lowest BCUT2D eigenvalue weighted by Gasteiger charge is -2.63. The molecule has 0 unspecified atom stereocenters. The molecule has 0 bridgehead atoms. The molecule has 5 aliphatic carbocycles. The van der Waals surface area contributed by atoms with Gasteiger partial charge in [-0.3, -0.25) is 0 Å². The Kier molecular flexibility index (Phi) is 10.5. The highest BCUT2D eigenvalue weighted by molar-refractivity contribution is 5.31. The third-order valence-electron chi connectivity index (χ3n) is 18.2. The second-order valence-corrected chi connectivity index (χ2v) is 21.2. The van der Waals surface area contributed by atoms with Gasteiger partial charge in [0.1, 0.15) is 48.8 Å². The lowest BCUT2D eigenvalue weighted by atomic mass is 9.41. The summed E-state index contributed by atoms with van der Waals surface area (Å²) in [4.78, 5) is 0. The summed E-state index contributed by atoms with van der Waals surface area (Å²) in [7, 11) is 0. The Morgan fingerprint density at radius 1 is 0.625 bits per heavy atom. The van der Waals surface area contributed by atoms with Gasteiger partial charge in [-0.15, -0.1) is 0 Å². The third kappa shape index (κ3) is 5.78. The summed E-state index contributed by atoms with van der Waals surface area (Å²) >= 11 is 0. The molecule has 2 spiro atoms. The van der Waals surface area contributed by atoms with E-state index in [1.807, 2.05) is 13.8 Å². The van der Waals surface area contributed by atoms with E-state index >= 15 is 0 Å². The second kappa shape index (κ2) is 14.0. The number of hydrogen-bond acceptors (Lipinski definition) is 14. The Bertz CT molecular complexity index is 1460. The minimum Gasteiger partial charge on any atom is -0.394 e. The molecule has 5 saturated carbocycles. The van der Waals surface area contributed by atoms with E-state index in [-0.39, 0.29) is 51.1 Å². The fraction of sp³-hybridized carbons (Fsp3) is 1.00. The van der Waals surface area contributed by atoms with E-state index in [0.717, 1.165) is 44.9 Å². The van der Waals surface area contributed by atoms with E-state index in [1.54, 1.807) is 0 Å². The van der Waals surface area contributed by atoms with Crippen LogP contribution in [0.3, 0.4) is 0 Å². The molecule has 8 rings (SSSR count). The molecule has 9 N–H and O–H groups in total. The van der Waals surface area contributed by atoms with Gasteiger partial charge in [-0.1, -0.05) is 34.6 Å². The summed E-state index contributed by atoms with van der Waals surface area (Å²) in [6.07, 6.45) is -6.39. The average Bonchev–Trinajstić information content (AvgIpc) is 3.63. The van der Waals surface area contributed by atoms with Crippen molar-refractivity contribution in [1.29, 1.82) is 0 Å². The van der Waals surface area contributed by atoms with Gasteiger partial charge in [0.05, 0.1) is 43.2 Å². The van der Waals surface area contributed by atoms with Crippen LogP contribution in [0.25, 0.3) is 0 Å². The van der Waals surface area contributed by atoms with Gasteiger partial charge >= 0.3 is 0 Å². The summed E-state index contributed by atoms with van der Waals surface area (Å²) in [5, 5.41) is 94.5. The van der Waals surface area contributed by atoms with Crippen molar-refractivity contribution in [3.63, 3.8) is 0 Å². The first-order chi connectivity index (χ1) is 26.1. The molecule has 3 aliphatic heterocycles. The summed E-state index contributed by atoms with van der Waals surface area (Å²) in [6, 6.07) is 0. The van der Waals surface area contributed by atoms with Gasteiger partial charge < -0.3 is 69.6 Å². The van der Waals surface area contributed by atoms with Crippen LogP contribution in [0.2, 0.25) is 0 Å². The number of rotatable bonds is 8. The van der Waals surface area contributed by atoms with Gasteiger partial charge in [0.15, 0.2) is 12.6 Å². The molecule has 0 amide bonds. The van der Waals surface area contributed by atoms with Gasteiger partial charge in [0.2, 0.25) is 0 Å². The maximum Gasteiger partial charge on any atom is 0.187 e. The third-order valence-corrected chi connectivity index (χ3v) is 18.2. The maximum absolute atomic E-state index is 12.2. The topological polar surface area (TPSA) is 228 Å². The quantitative estimate of drug-likeness (QED) is 0.156. The highest BCUT2D eigenvalue weighted by atomic mass is 16.7. The molecule has 8 aliphatic rings. The molecule has 0 aromatic heterocycles. The normalized spacial score (nSPS) is 57.8. The highest BCUT2D eigenvalue weighted by Gasteiger charge is 2.83. The molecule has 8 fully saturated rings. The number of fused-ring (bicyclic) bond motifs is 2. The number of aliphatic hydroxyl groups is 9. The zero-order valence-electron chi connectivity index (χ0n) is 34.2. The van der Waals surface area contributed by atoms with Crippen LogP contribution in [0.15, 0.2) is 0 Å². The molecular formula is C42H70O14. The lowest BCUT2D eigenvalue weighted by Crippen LogP contribution is -2.62. The zero-order valence-corrected chi connectivity index (χ0v) is 34.2. The van der Waals surface area contributed by atoms with E-state index in [0.29, 0.717) is 18.3 Å². The average molecular weight is 799 g/mol. The standard InChI is InChI=1S/C42H70O14/c1-19(21-14-27(38(4,5)56-21)55-36-34(51)32(49)30(47)23(17-44)53-36)28-20(45)15-40(7)25-9-8-24-37(2,3)26(54-35-33(50)31(48)29(46)22(16-43)52-35)10-11-41(24)18-42(25,41)13-12-39(28,40)6/h19-36,43-51H,8-18H2,1-7H3/t19-,20+,21-,22-,23-,24+,25+,26+,27+,28+,29-,30-,31+,32+,33-,34-,35-,36+,39-,40+,41-,42+/m1/s1. The molecule has 0 aromatic rings. The van der Waals surface area contributed by atoms with Crippen LogP contribution in [0.1, 0.15) is 106 Å². The van der Waals surface area contributed by atoms with E-state index in [4.69, 9.17) is 23.7 Å². The second-order valence-electron chi connectivity index (χ2n) is 21.2. The molecule has 0 aromatic carbocycles. The summed E-state index contributed by atoms with van der Waals surface area (Å²) in [6.45, 7) is 14.4. The predicted octanol–water partition coefficient (Wildman–Crippen LogP) is 0.970. The van der Waals surface area contributed by atoms with Gasteiger partial charge in [-0.05, 0) is 116 Å². The molecule has 322 valence electrons. The maximum atomic E-state index is 12.2. The fourth-order valence-corrected chi connectivity index (χ4v) is 15.1. The van der Waals surface area contributed by atoms with Gasteiger partial charge in [-0.25, -0.2) is 0 Å². The van der Waals surface area contributed by atoms with Crippen molar-refractivity contribution < 1.29 is 69.6 Å². The molecule has 3 heterocycles. The van der Waals surface area contributed by atoms with E-state index < -0.39 is 92.4 Å². The Morgan fingerprint density at radius 2 is 1.16 bits per heavy atom. The van der Waals surface area contributed by atoms with Crippen molar-refractivity contribution in [3.05, 3.63) is 0 Å². The highest BCUT2D eigenvalue weighted by Crippen LogP contribution is 2.89. The van der Waals surface area contributed by atoms with Crippen LogP contribution in [0.5, 0.6) is 0 Å². The summed E-state index contributed by atoms with van der Waals surface area (Å²) in [5.74, 6) is 0.826. The zero-order chi connectivity index (χ0) is 40.7. The number of hydrogen-bond donors (Lipinski definition) is 9. The van der Waals surface area contributed by atoms with Gasteiger partial charge in [0, 0.05) is 6.42 Å². The minimum atomic E-state index is -1.53. The predicted molar refractivity (Wildman–Crippen MR) is 198 cm³/mol. The van der Waals surface area contributed by atoms with Crippen molar-refractivity contribution in [2.75, 3.05) is 13.2 Å². The molecule has 3 saturated heterocycles. The molecular weight excluding hydrogens is 728 g/mol. The Labute approximate surface area is 330 Å². The number of aliphatic hydroxyl groups excluding tert-OH is 9. The van der Waals surface area contributed by atoms with Crippen molar-refractivity contribution in [3.8, 4) is 0 Å². The van der Waals surface area contributed by atoms with Crippen LogP contribution < -0.4 is 0 Å². The van der Waals surface area contributed by atoms with E-state index in [9.17, 15) is 46.0 Å². The first-order valence-electron chi connectivity index (χ1n) is 21.4. The van der Waals surface area contributed by atoms with E-state index in [1.165, 1.54) is 6.42 Å². The van der Waals surface area contributed by atoms with Crippen molar-refractivity contribution >= 4 is 0 Å². The van der Waals surface area contributed by atoms with Crippen LogP contribution in [0, 0.1) is 50.7 Å². The van der Waals surface area contributed by atoms with Crippen molar-refractivity contribution in [2.24, 2.45) is 50.7 Å². The summed E-state index contributed by atoms with van der Waals surface area (Å²) < 4.78 is 31.0. The Balaban J connectivity index is 0.972. The van der Waals surface area contributed by atoms with Crippen LogP contribution in [-0.2, 0) is 23.7 Å². The summed E-state index contributed by atoms with van der Waals surface area (Å²) in [5.41, 5.74) is -0.891. The minimum absolute atomic E-state index is 0.00741. The molecule has 14 nitrogen and oxygen atoms in total. The van der Waals surface area contributed by atoms with Crippen molar-refractivity contribution in [1.82, 2.24) is 0 Å². The van der Waals surface area contributed by atoms with Crippen molar-refractivity contribution in [2.45, 2.75) is 198 Å². The smallest absolute Gasteiger partial charge is 0.187 e. The Hall–Kier alpha value is -0.560. The first kappa shape index (κ1) is 42.1. The van der Waals surface area contributed by atoms with Crippen LogP contribution in [-0.4, -0.2) is 151 Å². The molecule has 0 radical (unpaired) electrons. The van der Waals surface area contributed by atoms with Crippen LogP contribution in [0.4, 0.5) is 0 Å². The van der Waals surface area contributed by atoms with E-state index in [2.05, 4.69) is 34.6 Å². The van der Waals surface area contributed by atoms with Gasteiger partial charge in [-0.2, -0.15) is 0 Å². The first-order valence-corrected chi connectivity index (χ1v) is 21.4. The Morgan fingerprint density at radius 3 is 1.73 bits per heavy atom. The largest absolute Gasteiger partial charge is 0.394 e. The molecule has 14 heteroatoms. The fourth-order valence-electron chi connectivity index (χ4n) is 15.1. The monoisotopic (exact) mass is 798 g/mol.